The molecule has 0 spiro atoms. The highest BCUT2D eigenvalue weighted by molar-refractivity contribution is 7.10. The smallest absolute Gasteiger partial charge is 0.340 e. The van der Waals surface area contributed by atoms with E-state index in [1.165, 1.54) is 24.3 Å². The van der Waals surface area contributed by atoms with Crippen molar-refractivity contribution in [1.82, 2.24) is 0 Å². The Kier molecular flexibility index (Phi) is 4.93. The van der Waals surface area contributed by atoms with Crippen LogP contribution in [0.25, 0.3) is 0 Å². The summed E-state index contributed by atoms with van der Waals surface area (Å²) in [6, 6.07) is 6.12. The van der Waals surface area contributed by atoms with Gasteiger partial charge in [-0.15, -0.1) is 0 Å². The Balaban J connectivity index is 2.71. The predicted octanol–water partition coefficient (Wildman–Crippen LogP) is 2.20. The minimum absolute atomic E-state index is 0.382. The molecule has 1 rings (SSSR count). The van der Waals surface area contributed by atoms with Gasteiger partial charge in [0.05, 0.1) is 27.2 Å². The molecule has 0 fully saturated rings. The number of benzene rings is 1. The molecule has 0 radical (unpaired) electrons. The minimum atomic E-state index is -0.460. The normalized spacial score (nSPS) is 9.62. The minimum Gasteiger partial charge on any atom is -0.462 e. The predicted molar refractivity (Wildman–Crippen MR) is 62.1 cm³/mol. The topological polar surface area (TPSA) is 52.6 Å². The molecule has 0 N–H and O–H groups in total. The molecule has 1 aromatic carbocycles. The van der Waals surface area contributed by atoms with Crippen molar-refractivity contribution in [2.45, 2.75) is 13.3 Å². The van der Waals surface area contributed by atoms with Crippen LogP contribution in [-0.2, 0) is 9.26 Å². The van der Waals surface area contributed by atoms with Crippen molar-refractivity contribution in [3.8, 4) is 0 Å². The van der Waals surface area contributed by atoms with Crippen LogP contribution in [0, 0.1) is 0 Å². The molecular weight excluding hydrogens is 227 g/mol. The van der Waals surface area contributed by atoms with Gasteiger partial charge < -0.3 is 9.26 Å². The summed E-state index contributed by atoms with van der Waals surface area (Å²) >= 11 is 0. The van der Waals surface area contributed by atoms with E-state index < -0.39 is 5.97 Å². The van der Waals surface area contributed by atoms with Crippen molar-refractivity contribution in [2.75, 3.05) is 6.61 Å². The van der Waals surface area contributed by atoms with E-state index in [9.17, 15) is 9.59 Å². The molecule has 0 aliphatic carbocycles. The van der Waals surface area contributed by atoms with E-state index >= 15 is 0 Å². The van der Waals surface area contributed by atoms with Gasteiger partial charge in [0, 0.05) is 0 Å². The second-order valence-corrected chi connectivity index (χ2v) is 3.35. The lowest BCUT2D eigenvalue weighted by atomic mass is 10.1. The summed E-state index contributed by atoms with van der Waals surface area (Å²) in [5.41, 5.74) is 0.816. The Bertz CT molecular complexity index is 372. The average Bonchev–Trinajstić information content (AvgIpc) is 2.35. The number of hydrogen-bond acceptors (Lipinski definition) is 4. The summed E-state index contributed by atoms with van der Waals surface area (Å²) in [5, 5.41) is 0. The van der Waals surface area contributed by atoms with Crippen molar-refractivity contribution in [2.24, 2.45) is 0 Å². The van der Waals surface area contributed by atoms with Crippen LogP contribution in [0.2, 0.25) is 0 Å². The van der Waals surface area contributed by atoms with Crippen molar-refractivity contribution in [1.29, 1.82) is 0 Å². The summed E-state index contributed by atoms with van der Waals surface area (Å²) in [6.07, 6.45) is 0.781. The van der Waals surface area contributed by atoms with Gasteiger partial charge in [0.2, 0.25) is 0 Å². The van der Waals surface area contributed by atoms with Crippen LogP contribution < -0.4 is 0 Å². The zero-order valence-electron chi connectivity index (χ0n) is 8.93. The van der Waals surface area contributed by atoms with E-state index in [-0.39, 0.29) is 5.97 Å². The van der Waals surface area contributed by atoms with Gasteiger partial charge in [-0.2, -0.15) is 0 Å². The summed E-state index contributed by atoms with van der Waals surface area (Å²) in [5.74, 6) is -0.842. The maximum atomic E-state index is 11.4. The fourth-order valence-corrected chi connectivity index (χ4v) is 1.22. The quantitative estimate of drug-likeness (QED) is 0.598. The van der Waals surface area contributed by atoms with Gasteiger partial charge >= 0.3 is 11.9 Å². The average molecular weight is 240 g/mol. The highest BCUT2D eigenvalue weighted by Crippen LogP contribution is 2.08. The lowest BCUT2D eigenvalue weighted by molar-refractivity contribution is 0.0504. The molecule has 0 amide bonds. The van der Waals surface area contributed by atoms with E-state index in [1.807, 2.05) is 16.4 Å². The molecule has 4 nitrogen and oxygen atoms in total. The monoisotopic (exact) mass is 240 g/mol. The Hall–Kier alpha value is -1.41. The summed E-state index contributed by atoms with van der Waals surface area (Å²) in [7, 11) is 1.88. The van der Waals surface area contributed by atoms with E-state index in [0.29, 0.717) is 17.7 Å². The van der Waals surface area contributed by atoms with Crippen LogP contribution in [0.5, 0.6) is 0 Å². The van der Waals surface area contributed by atoms with E-state index in [0.717, 1.165) is 6.42 Å². The lowest BCUT2D eigenvalue weighted by Crippen LogP contribution is -2.06. The van der Waals surface area contributed by atoms with Gasteiger partial charge in [0.15, 0.2) is 0 Å². The Labute approximate surface area is 96.2 Å². The first kappa shape index (κ1) is 12.7. The largest absolute Gasteiger partial charge is 0.462 e. The van der Waals surface area contributed by atoms with E-state index in [1.54, 1.807) is 0 Å². The van der Waals surface area contributed by atoms with E-state index in [2.05, 4.69) is 4.52 Å². The van der Waals surface area contributed by atoms with Crippen LogP contribution in [-0.4, -0.2) is 18.5 Å². The molecule has 5 heteroatoms. The first-order valence-electron chi connectivity index (χ1n) is 4.87. The number of ether oxygens (including phenoxy) is 1. The van der Waals surface area contributed by atoms with Crippen molar-refractivity contribution >= 4 is 21.4 Å². The number of rotatable bonds is 4. The molecule has 0 aliphatic rings. The molecule has 1 aromatic rings. The summed E-state index contributed by atoms with van der Waals surface area (Å²) in [4.78, 5) is 22.5. The maximum absolute atomic E-state index is 11.4. The van der Waals surface area contributed by atoms with Gasteiger partial charge in [0.1, 0.15) is 0 Å². The number of esters is 1. The van der Waals surface area contributed by atoms with Crippen LogP contribution in [0.15, 0.2) is 24.3 Å². The molecule has 1 atom stereocenters. The molecule has 0 saturated heterocycles. The molecule has 0 aromatic heterocycles. The standard InChI is InChI=1S/C11H13O4P/c1-2-7-14-10(12)8-3-5-9(6-4-8)11(13)15-16/h3-6H,2,7,16H2,1H3. The number of hydrogen-bond donors (Lipinski definition) is 0. The fourth-order valence-electron chi connectivity index (χ4n) is 1.09. The molecule has 0 heterocycles. The molecule has 0 aliphatic heterocycles. The van der Waals surface area contributed by atoms with Gasteiger partial charge in [0.25, 0.3) is 0 Å². The third-order valence-corrected chi connectivity index (χ3v) is 2.11. The van der Waals surface area contributed by atoms with Gasteiger partial charge in [-0.1, -0.05) is 6.92 Å². The van der Waals surface area contributed by atoms with Crippen LogP contribution in [0.3, 0.4) is 0 Å². The Morgan fingerprint density at radius 1 is 1.12 bits per heavy atom. The SMILES string of the molecule is CCCOC(=O)c1ccc(C(=O)OP)cc1. The highest BCUT2D eigenvalue weighted by atomic mass is 31.0. The summed E-state index contributed by atoms with van der Waals surface area (Å²) < 4.78 is 9.41. The third kappa shape index (κ3) is 3.31. The lowest BCUT2D eigenvalue weighted by Gasteiger charge is -2.03. The van der Waals surface area contributed by atoms with Gasteiger partial charge in [-0.3, -0.25) is 0 Å². The van der Waals surface area contributed by atoms with Gasteiger partial charge in [-0.25, -0.2) is 9.59 Å². The Morgan fingerprint density at radius 2 is 1.62 bits per heavy atom. The molecular formula is C11H13O4P. The zero-order valence-corrected chi connectivity index (χ0v) is 10.1. The molecule has 16 heavy (non-hydrogen) atoms. The number of carbonyl (C=O) groups excluding carboxylic acids is 2. The van der Waals surface area contributed by atoms with Gasteiger partial charge in [-0.05, 0) is 30.7 Å². The third-order valence-electron chi connectivity index (χ3n) is 1.90. The molecule has 0 bridgehead atoms. The molecule has 1 unspecified atom stereocenters. The Morgan fingerprint density at radius 3 is 2.06 bits per heavy atom. The van der Waals surface area contributed by atoms with Crippen molar-refractivity contribution in [3.05, 3.63) is 35.4 Å². The van der Waals surface area contributed by atoms with E-state index in [4.69, 9.17) is 4.74 Å². The molecule has 86 valence electrons. The zero-order chi connectivity index (χ0) is 12.0. The van der Waals surface area contributed by atoms with Crippen LogP contribution in [0.1, 0.15) is 34.1 Å². The second-order valence-electron chi connectivity index (χ2n) is 3.12. The number of carbonyl (C=O) groups is 2. The first-order chi connectivity index (χ1) is 7.69. The molecule has 0 saturated carbocycles. The summed E-state index contributed by atoms with van der Waals surface area (Å²) in [6.45, 7) is 2.32. The first-order valence-corrected chi connectivity index (χ1v) is 5.34. The second kappa shape index (κ2) is 6.23. The van der Waals surface area contributed by atoms with Crippen molar-refractivity contribution < 1.29 is 18.8 Å². The van der Waals surface area contributed by atoms with Crippen molar-refractivity contribution in [3.63, 3.8) is 0 Å². The van der Waals surface area contributed by atoms with Crippen LogP contribution >= 0.6 is 9.47 Å². The highest BCUT2D eigenvalue weighted by Gasteiger charge is 2.09. The fraction of sp³-hybridized carbons (Fsp3) is 0.273. The van der Waals surface area contributed by atoms with Crippen LogP contribution in [0.4, 0.5) is 0 Å². The maximum Gasteiger partial charge on any atom is 0.340 e.